The first-order valence-electron chi connectivity index (χ1n) is 10.6. The van der Waals surface area contributed by atoms with Crippen LogP contribution in [0.3, 0.4) is 0 Å². The van der Waals surface area contributed by atoms with Crippen molar-refractivity contribution in [1.29, 1.82) is 0 Å². The van der Waals surface area contributed by atoms with Crippen LogP contribution in [0.25, 0.3) is 0 Å². The van der Waals surface area contributed by atoms with Gasteiger partial charge in [0.05, 0.1) is 12.0 Å². The van der Waals surface area contributed by atoms with Crippen molar-refractivity contribution < 1.29 is 17.9 Å². The van der Waals surface area contributed by atoms with Crippen molar-refractivity contribution in [2.24, 2.45) is 0 Å². The van der Waals surface area contributed by atoms with Crippen molar-refractivity contribution in [3.8, 4) is 5.75 Å². The average Bonchev–Trinajstić information content (AvgIpc) is 2.83. The van der Waals surface area contributed by atoms with Crippen molar-refractivity contribution in [3.63, 3.8) is 0 Å². The second-order valence-electron chi connectivity index (χ2n) is 7.75. The van der Waals surface area contributed by atoms with Crippen LogP contribution >= 0.6 is 0 Å². The van der Waals surface area contributed by atoms with E-state index in [1.54, 1.807) is 31.4 Å². The van der Waals surface area contributed by atoms with E-state index in [-0.39, 0.29) is 17.3 Å². The molecule has 1 heterocycles. The molecule has 1 N–H and O–H groups in total. The first kappa shape index (κ1) is 22.0. The Labute approximate surface area is 188 Å². The van der Waals surface area contributed by atoms with E-state index in [1.165, 1.54) is 9.87 Å². The maximum Gasteiger partial charge on any atom is 0.255 e. The molecule has 3 aromatic carbocycles. The minimum absolute atomic E-state index is 0.189. The van der Waals surface area contributed by atoms with Crippen molar-refractivity contribution in [2.45, 2.75) is 31.2 Å². The van der Waals surface area contributed by atoms with Gasteiger partial charge in [0.1, 0.15) is 5.75 Å². The number of carbonyl (C=O) groups excluding carboxylic acids is 1. The molecule has 32 heavy (non-hydrogen) atoms. The molecule has 6 nitrogen and oxygen atoms in total. The fourth-order valence-electron chi connectivity index (χ4n) is 3.81. The molecule has 1 aliphatic heterocycles. The lowest BCUT2D eigenvalue weighted by atomic mass is 10.0. The number of benzene rings is 3. The first-order chi connectivity index (χ1) is 15.4. The molecule has 7 heteroatoms. The molecular weight excluding hydrogens is 424 g/mol. The molecule has 0 fully saturated rings. The summed E-state index contributed by atoms with van der Waals surface area (Å²) in [6, 6.07) is 19.6. The third-order valence-corrected chi connectivity index (χ3v) is 7.62. The fourth-order valence-corrected chi connectivity index (χ4v) is 5.22. The molecule has 0 aromatic heterocycles. The Kier molecular flexibility index (Phi) is 6.30. The number of fused-ring (bicyclic) bond motifs is 1. The van der Waals surface area contributed by atoms with Gasteiger partial charge < -0.3 is 10.1 Å². The number of nitrogens with zero attached hydrogens (tertiary/aromatic N) is 1. The average molecular weight is 451 g/mol. The SMILES string of the molecule is CCc1ccc(C(=O)Nc2ccc3c(c2)CN(S(=O)(=O)c2ccc(OC)cc2)CC3)cc1. The summed E-state index contributed by atoms with van der Waals surface area (Å²) in [7, 11) is -2.08. The van der Waals surface area contributed by atoms with Gasteiger partial charge in [-0.2, -0.15) is 4.31 Å². The monoisotopic (exact) mass is 450 g/mol. The van der Waals surface area contributed by atoms with E-state index in [9.17, 15) is 13.2 Å². The molecule has 0 saturated carbocycles. The molecule has 0 atom stereocenters. The van der Waals surface area contributed by atoms with E-state index < -0.39 is 10.0 Å². The highest BCUT2D eigenvalue weighted by Crippen LogP contribution is 2.28. The number of anilines is 1. The zero-order valence-electron chi connectivity index (χ0n) is 18.2. The summed E-state index contributed by atoms with van der Waals surface area (Å²) in [6.07, 6.45) is 1.54. The maximum absolute atomic E-state index is 13.1. The minimum Gasteiger partial charge on any atom is -0.497 e. The number of rotatable bonds is 6. The van der Waals surface area contributed by atoms with Gasteiger partial charge in [-0.05, 0) is 78.1 Å². The molecule has 0 aliphatic carbocycles. The molecular formula is C25H26N2O4S. The van der Waals surface area contributed by atoms with Gasteiger partial charge in [0, 0.05) is 24.3 Å². The number of sulfonamides is 1. The summed E-state index contributed by atoms with van der Waals surface area (Å²) in [4.78, 5) is 12.9. The van der Waals surface area contributed by atoms with Gasteiger partial charge in [0.25, 0.3) is 5.91 Å². The zero-order valence-corrected chi connectivity index (χ0v) is 19.0. The van der Waals surface area contributed by atoms with Gasteiger partial charge in [0.15, 0.2) is 0 Å². The van der Waals surface area contributed by atoms with E-state index in [0.29, 0.717) is 30.0 Å². The highest BCUT2D eigenvalue weighted by Gasteiger charge is 2.28. The maximum atomic E-state index is 13.1. The number of nitrogens with one attached hydrogen (secondary N) is 1. The second kappa shape index (κ2) is 9.14. The Morgan fingerprint density at radius 3 is 2.38 bits per heavy atom. The predicted octanol–water partition coefficient (Wildman–Crippen LogP) is 4.26. The van der Waals surface area contributed by atoms with Crippen LogP contribution in [-0.2, 0) is 29.4 Å². The van der Waals surface area contributed by atoms with E-state index in [0.717, 1.165) is 17.5 Å². The van der Waals surface area contributed by atoms with Crippen LogP contribution in [-0.4, -0.2) is 32.3 Å². The number of hydrogen-bond acceptors (Lipinski definition) is 4. The summed E-state index contributed by atoms with van der Waals surface area (Å²) < 4.78 is 32.8. The van der Waals surface area contributed by atoms with E-state index in [2.05, 4.69) is 12.2 Å². The highest BCUT2D eigenvalue weighted by molar-refractivity contribution is 7.89. The lowest BCUT2D eigenvalue weighted by Crippen LogP contribution is -2.36. The van der Waals surface area contributed by atoms with Crippen LogP contribution in [0.2, 0.25) is 0 Å². The van der Waals surface area contributed by atoms with Crippen LogP contribution in [0.4, 0.5) is 5.69 Å². The van der Waals surface area contributed by atoms with Gasteiger partial charge in [-0.1, -0.05) is 25.1 Å². The third kappa shape index (κ3) is 4.54. The molecule has 0 bridgehead atoms. The Balaban J connectivity index is 1.51. The largest absolute Gasteiger partial charge is 0.497 e. The minimum atomic E-state index is -3.62. The van der Waals surface area contributed by atoms with E-state index >= 15 is 0 Å². The summed E-state index contributed by atoms with van der Waals surface area (Å²) in [5.74, 6) is 0.420. The zero-order chi connectivity index (χ0) is 22.7. The second-order valence-corrected chi connectivity index (χ2v) is 9.69. The number of aryl methyl sites for hydroxylation is 1. The van der Waals surface area contributed by atoms with Crippen molar-refractivity contribution >= 4 is 21.6 Å². The Morgan fingerprint density at radius 2 is 1.72 bits per heavy atom. The lowest BCUT2D eigenvalue weighted by Gasteiger charge is -2.28. The molecule has 0 spiro atoms. The number of hydrogen-bond donors (Lipinski definition) is 1. The normalized spacial score (nSPS) is 13.9. The molecule has 3 aromatic rings. The standard InChI is InChI=1S/C25H26N2O4S/c1-3-18-4-6-20(7-5-18)25(28)26-22-9-8-19-14-15-27(17-21(19)16-22)32(29,30)24-12-10-23(31-2)11-13-24/h4-13,16H,3,14-15,17H2,1-2H3,(H,26,28). The van der Waals surface area contributed by atoms with E-state index in [4.69, 9.17) is 4.74 Å². The molecule has 0 radical (unpaired) electrons. The van der Waals surface area contributed by atoms with Crippen molar-refractivity contribution in [3.05, 3.63) is 89.0 Å². The van der Waals surface area contributed by atoms with Crippen LogP contribution in [0, 0.1) is 0 Å². The molecule has 0 saturated heterocycles. The molecule has 1 aliphatic rings. The molecule has 0 unspecified atom stereocenters. The van der Waals surface area contributed by atoms with Crippen LogP contribution in [0.5, 0.6) is 5.75 Å². The summed E-state index contributed by atoms with van der Waals surface area (Å²) in [6.45, 7) is 2.75. The predicted molar refractivity (Wildman–Crippen MR) is 125 cm³/mol. The Hall–Kier alpha value is -3.16. The molecule has 4 rings (SSSR count). The van der Waals surface area contributed by atoms with Crippen LogP contribution < -0.4 is 10.1 Å². The van der Waals surface area contributed by atoms with Gasteiger partial charge in [-0.15, -0.1) is 0 Å². The Bertz CT molecular complexity index is 1220. The van der Waals surface area contributed by atoms with E-state index in [1.807, 2.05) is 42.5 Å². The van der Waals surface area contributed by atoms with Gasteiger partial charge >= 0.3 is 0 Å². The number of carbonyl (C=O) groups is 1. The smallest absolute Gasteiger partial charge is 0.255 e. The number of ether oxygens (including phenoxy) is 1. The summed E-state index contributed by atoms with van der Waals surface area (Å²) in [5, 5.41) is 2.92. The van der Waals surface area contributed by atoms with Gasteiger partial charge in [0.2, 0.25) is 10.0 Å². The fraction of sp³-hybridized carbons (Fsp3) is 0.240. The van der Waals surface area contributed by atoms with Crippen LogP contribution in [0.15, 0.2) is 71.6 Å². The lowest BCUT2D eigenvalue weighted by molar-refractivity contribution is 0.102. The number of amides is 1. The van der Waals surface area contributed by atoms with Gasteiger partial charge in [-0.3, -0.25) is 4.79 Å². The quantitative estimate of drug-likeness (QED) is 0.609. The molecule has 1 amide bonds. The van der Waals surface area contributed by atoms with Crippen molar-refractivity contribution in [2.75, 3.05) is 19.0 Å². The first-order valence-corrected chi connectivity index (χ1v) is 12.0. The molecule has 166 valence electrons. The third-order valence-electron chi connectivity index (χ3n) is 5.76. The summed E-state index contributed by atoms with van der Waals surface area (Å²) in [5.41, 5.74) is 4.40. The van der Waals surface area contributed by atoms with Crippen LogP contribution in [0.1, 0.15) is 34.0 Å². The Morgan fingerprint density at radius 1 is 1.00 bits per heavy atom. The van der Waals surface area contributed by atoms with Gasteiger partial charge in [-0.25, -0.2) is 8.42 Å². The summed E-state index contributed by atoms with van der Waals surface area (Å²) >= 11 is 0. The topological polar surface area (TPSA) is 75.7 Å². The number of methoxy groups -OCH3 is 1. The highest BCUT2D eigenvalue weighted by atomic mass is 32.2. The van der Waals surface area contributed by atoms with Crippen molar-refractivity contribution in [1.82, 2.24) is 4.31 Å².